The third kappa shape index (κ3) is 13.5. The zero-order valence-corrected chi connectivity index (χ0v) is 16.6. The summed E-state index contributed by atoms with van der Waals surface area (Å²) in [6.45, 7) is 6.88. The largest absolute Gasteiger partial charge is 0.464 e. The van der Waals surface area contributed by atoms with Crippen molar-refractivity contribution < 1.29 is 19.1 Å². The zero-order chi connectivity index (χ0) is 18.2. The molecule has 0 aromatic heterocycles. The van der Waals surface area contributed by atoms with Crippen molar-refractivity contribution in [1.82, 2.24) is 5.32 Å². The summed E-state index contributed by atoms with van der Waals surface area (Å²) >= 11 is 1.63. The Morgan fingerprint density at radius 2 is 1.71 bits per heavy atom. The highest BCUT2D eigenvalue weighted by Gasteiger charge is 2.22. The average molecular weight is 362 g/mol. The van der Waals surface area contributed by atoms with E-state index in [4.69, 9.17) is 9.47 Å². The van der Waals surface area contributed by atoms with Crippen molar-refractivity contribution in [2.24, 2.45) is 5.92 Å². The number of unbranched alkanes of at least 4 members (excludes halogenated alkanes) is 5. The Kier molecular flexibility index (Phi) is 15.0. The van der Waals surface area contributed by atoms with E-state index < -0.39 is 12.1 Å². The topological polar surface area (TPSA) is 64.6 Å². The number of carbonyl (C=O) groups excluding carboxylic acids is 2. The molecular formula is C18H35NO4S. The van der Waals surface area contributed by atoms with Crippen molar-refractivity contribution in [3.05, 3.63) is 0 Å². The summed E-state index contributed by atoms with van der Waals surface area (Å²) in [7, 11) is 0. The van der Waals surface area contributed by atoms with Crippen molar-refractivity contribution in [3.8, 4) is 0 Å². The maximum Gasteiger partial charge on any atom is 0.407 e. The number of ether oxygens (including phenoxy) is 2. The van der Waals surface area contributed by atoms with E-state index in [2.05, 4.69) is 12.2 Å². The molecule has 0 heterocycles. The van der Waals surface area contributed by atoms with Gasteiger partial charge in [0.05, 0.1) is 13.2 Å². The first kappa shape index (κ1) is 23.1. The number of rotatable bonds is 14. The Hall–Kier alpha value is -0.910. The van der Waals surface area contributed by atoms with E-state index in [-0.39, 0.29) is 11.9 Å². The smallest absolute Gasteiger partial charge is 0.407 e. The average Bonchev–Trinajstić information content (AvgIpc) is 2.55. The van der Waals surface area contributed by atoms with Gasteiger partial charge in [0, 0.05) is 0 Å². The minimum Gasteiger partial charge on any atom is -0.464 e. The maximum atomic E-state index is 12.2. The van der Waals surface area contributed by atoms with Gasteiger partial charge in [-0.1, -0.05) is 52.9 Å². The maximum absolute atomic E-state index is 12.2. The summed E-state index contributed by atoms with van der Waals surface area (Å²) in [5.41, 5.74) is 0. The lowest BCUT2D eigenvalue weighted by molar-refractivity contribution is -0.146. The van der Waals surface area contributed by atoms with E-state index >= 15 is 0 Å². The molecule has 0 unspecified atom stereocenters. The van der Waals surface area contributed by atoms with Crippen molar-refractivity contribution in [3.63, 3.8) is 0 Å². The molecule has 0 aliphatic heterocycles. The minimum absolute atomic E-state index is 0.264. The van der Waals surface area contributed by atoms with Crippen LogP contribution in [0.1, 0.15) is 65.7 Å². The number of nitrogens with one attached hydrogen (secondary N) is 1. The third-order valence-electron chi connectivity index (χ3n) is 3.48. The SMILES string of the molecule is CCCCCCCCOC(=O)[C@H](CCSC)NC(=O)OCC(C)C. The molecule has 0 fully saturated rings. The molecule has 1 N–H and O–H groups in total. The van der Waals surface area contributed by atoms with Gasteiger partial charge in [-0.05, 0) is 30.8 Å². The van der Waals surface area contributed by atoms with Gasteiger partial charge in [-0.2, -0.15) is 11.8 Å². The van der Waals surface area contributed by atoms with Crippen LogP contribution < -0.4 is 5.32 Å². The highest BCUT2D eigenvalue weighted by Crippen LogP contribution is 2.07. The lowest BCUT2D eigenvalue weighted by atomic mass is 10.1. The van der Waals surface area contributed by atoms with Crippen LogP contribution in [0.2, 0.25) is 0 Å². The van der Waals surface area contributed by atoms with Crippen LogP contribution in [-0.2, 0) is 14.3 Å². The molecule has 0 aromatic carbocycles. The summed E-state index contributed by atoms with van der Waals surface area (Å²) in [4.78, 5) is 23.9. The van der Waals surface area contributed by atoms with Crippen LogP contribution in [0, 0.1) is 5.92 Å². The van der Waals surface area contributed by atoms with Crippen LogP contribution in [0.15, 0.2) is 0 Å². The fourth-order valence-corrected chi connectivity index (χ4v) is 2.54. The minimum atomic E-state index is -0.628. The van der Waals surface area contributed by atoms with Crippen molar-refractivity contribution in [2.45, 2.75) is 71.8 Å². The normalized spacial score (nSPS) is 12.0. The summed E-state index contributed by atoms with van der Waals surface area (Å²) in [5, 5.41) is 2.63. The molecule has 24 heavy (non-hydrogen) atoms. The standard InChI is InChI=1S/C18H35NO4S/c1-5-6-7-8-9-10-12-22-17(20)16(11-13-24-4)19-18(21)23-14-15(2)3/h15-16H,5-14H2,1-4H3,(H,19,21)/t16-/m0/s1. The van der Waals surface area contributed by atoms with Crippen LogP contribution in [0.25, 0.3) is 0 Å². The van der Waals surface area contributed by atoms with Gasteiger partial charge in [0.15, 0.2) is 0 Å². The lowest BCUT2D eigenvalue weighted by Gasteiger charge is -2.17. The Bertz CT molecular complexity index is 337. The number of hydrogen-bond acceptors (Lipinski definition) is 5. The Balaban J connectivity index is 4.08. The molecule has 142 valence electrons. The van der Waals surface area contributed by atoms with Crippen molar-refractivity contribution in [1.29, 1.82) is 0 Å². The molecular weight excluding hydrogens is 326 g/mol. The zero-order valence-electron chi connectivity index (χ0n) is 15.8. The molecule has 0 rings (SSSR count). The molecule has 0 aliphatic carbocycles. The predicted octanol–water partition coefficient (Wildman–Crippen LogP) is 4.39. The molecule has 0 radical (unpaired) electrons. The Morgan fingerprint density at radius 3 is 2.33 bits per heavy atom. The second-order valence-corrected chi connectivity index (χ2v) is 7.39. The van der Waals surface area contributed by atoms with Crippen molar-refractivity contribution in [2.75, 3.05) is 25.2 Å². The van der Waals surface area contributed by atoms with E-state index in [0.717, 1.165) is 18.6 Å². The van der Waals surface area contributed by atoms with E-state index in [1.54, 1.807) is 11.8 Å². The number of thioether (sulfide) groups is 1. The van der Waals surface area contributed by atoms with Gasteiger partial charge in [-0.3, -0.25) is 0 Å². The summed E-state index contributed by atoms with van der Waals surface area (Å²) < 4.78 is 10.4. The summed E-state index contributed by atoms with van der Waals surface area (Å²) in [6.07, 6.45) is 8.83. The van der Waals surface area contributed by atoms with Crippen LogP contribution in [0.3, 0.4) is 0 Å². The fourth-order valence-electron chi connectivity index (χ4n) is 2.07. The van der Waals surface area contributed by atoms with E-state index in [0.29, 0.717) is 19.6 Å². The monoisotopic (exact) mass is 361 g/mol. The van der Waals surface area contributed by atoms with Crippen LogP contribution in [0.5, 0.6) is 0 Å². The van der Waals surface area contributed by atoms with Gasteiger partial charge in [-0.25, -0.2) is 9.59 Å². The molecule has 6 heteroatoms. The van der Waals surface area contributed by atoms with Gasteiger partial charge < -0.3 is 14.8 Å². The fraction of sp³-hybridized carbons (Fsp3) is 0.889. The molecule has 0 aliphatic rings. The van der Waals surface area contributed by atoms with Gasteiger partial charge >= 0.3 is 12.1 Å². The first-order valence-corrected chi connectivity index (χ1v) is 10.5. The van der Waals surface area contributed by atoms with Gasteiger partial charge in [0.2, 0.25) is 0 Å². The predicted molar refractivity (Wildman–Crippen MR) is 100 cm³/mol. The van der Waals surface area contributed by atoms with E-state index in [1.807, 2.05) is 20.1 Å². The molecule has 0 bridgehead atoms. The number of alkyl carbamates (subject to hydrolysis) is 1. The third-order valence-corrected chi connectivity index (χ3v) is 4.12. The van der Waals surface area contributed by atoms with Crippen molar-refractivity contribution >= 4 is 23.8 Å². The Morgan fingerprint density at radius 1 is 1.04 bits per heavy atom. The van der Waals surface area contributed by atoms with Gasteiger partial charge in [0.1, 0.15) is 6.04 Å². The molecule has 5 nitrogen and oxygen atoms in total. The highest BCUT2D eigenvalue weighted by atomic mass is 32.2. The molecule has 1 atom stereocenters. The summed E-state index contributed by atoms with van der Waals surface area (Å²) in [5.74, 6) is 0.681. The highest BCUT2D eigenvalue weighted by molar-refractivity contribution is 7.98. The number of esters is 1. The molecule has 0 aromatic rings. The first-order valence-electron chi connectivity index (χ1n) is 9.10. The number of carbonyl (C=O) groups is 2. The van der Waals surface area contributed by atoms with Gasteiger partial charge in [0.25, 0.3) is 0 Å². The first-order chi connectivity index (χ1) is 11.5. The van der Waals surface area contributed by atoms with E-state index in [9.17, 15) is 9.59 Å². The quantitative estimate of drug-likeness (QED) is 0.367. The molecule has 0 saturated carbocycles. The Labute approximate surface area is 151 Å². The van der Waals surface area contributed by atoms with Crippen LogP contribution in [-0.4, -0.2) is 43.3 Å². The molecule has 0 saturated heterocycles. The number of hydrogen-bond donors (Lipinski definition) is 1. The summed E-state index contributed by atoms with van der Waals surface area (Å²) in [6, 6.07) is -0.628. The lowest BCUT2D eigenvalue weighted by Crippen LogP contribution is -2.43. The number of amides is 1. The second kappa shape index (κ2) is 15.6. The molecule has 0 spiro atoms. The molecule has 1 amide bonds. The van der Waals surface area contributed by atoms with Gasteiger partial charge in [-0.15, -0.1) is 0 Å². The second-order valence-electron chi connectivity index (χ2n) is 6.41. The van der Waals surface area contributed by atoms with Crippen LogP contribution in [0.4, 0.5) is 4.79 Å². The van der Waals surface area contributed by atoms with Crippen LogP contribution >= 0.6 is 11.8 Å². The van der Waals surface area contributed by atoms with E-state index in [1.165, 1.54) is 25.7 Å².